The van der Waals surface area contributed by atoms with Gasteiger partial charge in [-0.25, -0.2) is 0 Å². The van der Waals surface area contributed by atoms with Crippen LogP contribution in [0.5, 0.6) is 0 Å². The zero-order valence-corrected chi connectivity index (χ0v) is 18.3. The number of hydrogen-bond acceptors (Lipinski definition) is 2. The summed E-state index contributed by atoms with van der Waals surface area (Å²) in [5.74, 6) is 3.92. The highest BCUT2D eigenvalue weighted by molar-refractivity contribution is 8.08. The first-order valence-electron chi connectivity index (χ1n) is 10.1. The molecule has 0 radical (unpaired) electrons. The average Bonchev–Trinajstić information content (AvgIpc) is 3.20. The molecule has 140 valence electrons. The van der Waals surface area contributed by atoms with Crippen LogP contribution in [0.25, 0.3) is 0 Å². The predicted molar refractivity (Wildman–Crippen MR) is 118 cm³/mol. The molecule has 0 saturated carbocycles. The first-order valence-corrected chi connectivity index (χ1v) is 12.2. The summed E-state index contributed by atoms with van der Waals surface area (Å²) in [5, 5.41) is 0. The van der Waals surface area contributed by atoms with E-state index in [2.05, 4.69) is 46.0 Å². The fourth-order valence-electron chi connectivity index (χ4n) is 2.95. The van der Waals surface area contributed by atoms with E-state index in [1.165, 1.54) is 87.0 Å². The maximum atomic E-state index is 4.17. The van der Waals surface area contributed by atoms with Crippen LogP contribution in [-0.2, 0) is 0 Å². The van der Waals surface area contributed by atoms with Crippen molar-refractivity contribution >= 4 is 23.5 Å². The molecule has 1 saturated heterocycles. The van der Waals surface area contributed by atoms with E-state index in [1.54, 1.807) is 11.1 Å². The number of unbranched alkanes of at least 4 members (excludes halogenated alkanes) is 6. The Bertz CT molecular complexity index is 391. The fourth-order valence-corrected chi connectivity index (χ4v) is 4.92. The summed E-state index contributed by atoms with van der Waals surface area (Å²) in [4.78, 5) is 0. The third-order valence-electron chi connectivity index (χ3n) is 5.19. The maximum absolute atomic E-state index is 4.17. The van der Waals surface area contributed by atoms with Gasteiger partial charge in [0.15, 0.2) is 0 Å². The van der Waals surface area contributed by atoms with Crippen molar-refractivity contribution in [2.45, 2.75) is 96.7 Å². The molecule has 0 aromatic rings. The second-order valence-corrected chi connectivity index (χ2v) is 10.1. The smallest absolute Gasteiger partial charge is 0.0428 e. The van der Waals surface area contributed by atoms with Crippen molar-refractivity contribution in [3.63, 3.8) is 0 Å². The van der Waals surface area contributed by atoms with Gasteiger partial charge in [0.05, 0.1) is 0 Å². The molecular weight excluding hydrogens is 328 g/mol. The molecule has 0 nitrogen and oxygen atoms in total. The second-order valence-electron chi connectivity index (χ2n) is 7.62. The van der Waals surface area contributed by atoms with Gasteiger partial charge in [0.25, 0.3) is 0 Å². The Morgan fingerprint density at radius 3 is 2.12 bits per heavy atom. The Hall–Kier alpha value is 0.180. The van der Waals surface area contributed by atoms with E-state index in [4.69, 9.17) is 0 Å². The van der Waals surface area contributed by atoms with Gasteiger partial charge in [-0.1, -0.05) is 75.7 Å². The van der Waals surface area contributed by atoms with E-state index in [9.17, 15) is 0 Å². The lowest BCUT2D eigenvalue weighted by molar-refractivity contribution is 0.650. The van der Waals surface area contributed by atoms with Gasteiger partial charge < -0.3 is 0 Å². The molecule has 2 aliphatic heterocycles. The molecule has 0 spiro atoms. The Kier molecular flexibility index (Phi) is 11.6. The molecule has 1 fully saturated rings. The van der Waals surface area contributed by atoms with Crippen LogP contribution in [0, 0.1) is 0 Å². The van der Waals surface area contributed by atoms with Crippen molar-refractivity contribution in [3.8, 4) is 0 Å². The topological polar surface area (TPSA) is 0 Å². The Labute approximate surface area is 160 Å². The third kappa shape index (κ3) is 9.04. The van der Waals surface area contributed by atoms with Crippen molar-refractivity contribution in [1.82, 2.24) is 0 Å². The highest BCUT2D eigenvalue weighted by Crippen LogP contribution is 2.50. The predicted octanol–water partition coefficient (Wildman–Crippen LogP) is 8.04. The van der Waals surface area contributed by atoms with Crippen LogP contribution >= 0.6 is 23.5 Å². The Balaban J connectivity index is 0.000000240. The van der Waals surface area contributed by atoms with Crippen molar-refractivity contribution in [1.29, 1.82) is 0 Å². The molecule has 2 rings (SSSR count). The van der Waals surface area contributed by atoms with Crippen molar-refractivity contribution < 1.29 is 0 Å². The van der Waals surface area contributed by atoms with Gasteiger partial charge in [-0.3, -0.25) is 0 Å². The summed E-state index contributed by atoms with van der Waals surface area (Å²) in [7, 11) is 0. The molecule has 1 unspecified atom stereocenters. The first kappa shape index (κ1) is 22.2. The maximum Gasteiger partial charge on any atom is 0.0428 e. The summed E-state index contributed by atoms with van der Waals surface area (Å²) in [6.07, 6.45) is 13.7. The minimum Gasteiger partial charge on any atom is -0.153 e. The van der Waals surface area contributed by atoms with Gasteiger partial charge in [-0.15, -0.1) is 11.8 Å². The summed E-state index contributed by atoms with van der Waals surface area (Å²) in [6.45, 7) is 13.3. The lowest BCUT2D eigenvalue weighted by Gasteiger charge is -2.09. The quantitative estimate of drug-likeness (QED) is 0.205. The van der Waals surface area contributed by atoms with Crippen molar-refractivity contribution in [2.24, 2.45) is 0 Å². The summed E-state index contributed by atoms with van der Waals surface area (Å²) < 4.78 is 0.478. The molecular formula is C22H40S2. The first-order chi connectivity index (χ1) is 11.5. The number of rotatable bonds is 11. The molecule has 2 heteroatoms. The molecule has 0 aromatic heterocycles. The molecule has 0 bridgehead atoms. The van der Waals surface area contributed by atoms with E-state index >= 15 is 0 Å². The van der Waals surface area contributed by atoms with Crippen LogP contribution in [0.4, 0.5) is 0 Å². The summed E-state index contributed by atoms with van der Waals surface area (Å²) >= 11 is 4.12. The lowest BCUT2D eigenvalue weighted by atomic mass is 9.98. The Morgan fingerprint density at radius 2 is 1.62 bits per heavy atom. The third-order valence-corrected chi connectivity index (χ3v) is 7.82. The standard InChI is InChI=1S/2C11H20S/c1-4-5-6-7-8-10(2)11(3)9-12-11;1-3-4-5-6-7-11-9-12-8-10(11)2/h2,4-9H2,1,3H3;3-9H2,1-2H3. The highest BCUT2D eigenvalue weighted by atomic mass is 32.2. The SMILES string of the molecule is C=C(CCCCCC)C1(C)CS1.CCCCCCC1=C(C)CSC1. The fraction of sp³-hybridized carbons (Fsp3) is 0.818. The molecule has 1 atom stereocenters. The van der Waals surface area contributed by atoms with E-state index in [-0.39, 0.29) is 0 Å². The Morgan fingerprint density at radius 1 is 1.00 bits per heavy atom. The molecule has 0 amide bonds. The van der Waals surface area contributed by atoms with Gasteiger partial charge >= 0.3 is 0 Å². The van der Waals surface area contributed by atoms with Crippen LogP contribution in [0.1, 0.15) is 91.9 Å². The molecule has 24 heavy (non-hydrogen) atoms. The minimum atomic E-state index is 0.478. The molecule has 2 aliphatic rings. The summed E-state index contributed by atoms with van der Waals surface area (Å²) in [6, 6.07) is 0. The van der Waals surface area contributed by atoms with Gasteiger partial charge in [-0.05, 0) is 39.5 Å². The monoisotopic (exact) mass is 368 g/mol. The van der Waals surface area contributed by atoms with Crippen LogP contribution in [0.2, 0.25) is 0 Å². The van der Waals surface area contributed by atoms with E-state index < -0.39 is 0 Å². The molecule has 0 N–H and O–H groups in total. The largest absolute Gasteiger partial charge is 0.153 e. The number of thioether (sulfide) groups is 2. The van der Waals surface area contributed by atoms with Crippen LogP contribution in [0.15, 0.2) is 23.3 Å². The second kappa shape index (κ2) is 12.5. The molecule has 0 aromatic carbocycles. The van der Waals surface area contributed by atoms with Crippen molar-refractivity contribution in [3.05, 3.63) is 23.3 Å². The molecule has 2 heterocycles. The normalized spacial score (nSPS) is 22.3. The number of hydrogen-bond donors (Lipinski definition) is 0. The van der Waals surface area contributed by atoms with Crippen LogP contribution in [-0.4, -0.2) is 22.0 Å². The minimum absolute atomic E-state index is 0.478. The van der Waals surface area contributed by atoms with Gasteiger partial charge in [0.1, 0.15) is 0 Å². The van der Waals surface area contributed by atoms with Crippen LogP contribution in [0.3, 0.4) is 0 Å². The lowest BCUT2D eigenvalue weighted by Crippen LogP contribution is -2.05. The molecule has 0 aliphatic carbocycles. The van der Waals surface area contributed by atoms with Gasteiger partial charge in [-0.2, -0.15) is 11.8 Å². The van der Waals surface area contributed by atoms with Crippen LogP contribution < -0.4 is 0 Å². The zero-order valence-electron chi connectivity index (χ0n) is 16.7. The van der Waals surface area contributed by atoms with Gasteiger partial charge in [0, 0.05) is 22.0 Å². The van der Waals surface area contributed by atoms with E-state index in [0.717, 1.165) is 0 Å². The average molecular weight is 369 g/mol. The van der Waals surface area contributed by atoms with E-state index in [1.807, 2.05) is 11.8 Å². The van der Waals surface area contributed by atoms with Gasteiger partial charge in [0.2, 0.25) is 0 Å². The van der Waals surface area contributed by atoms with Crippen molar-refractivity contribution in [2.75, 3.05) is 17.3 Å². The van der Waals surface area contributed by atoms with E-state index in [0.29, 0.717) is 4.75 Å². The zero-order chi connectivity index (χ0) is 17.8. The highest BCUT2D eigenvalue weighted by Gasteiger charge is 2.40. The summed E-state index contributed by atoms with van der Waals surface area (Å²) in [5.41, 5.74) is 4.89.